The number of nitrogens with zero attached hydrogens (tertiary/aromatic N) is 2. The molecule has 9 heteroatoms. The summed E-state index contributed by atoms with van der Waals surface area (Å²) in [5, 5.41) is 11.6. The predicted molar refractivity (Wildman–Crippen MR) is 109 cm³/mol. The van der Waals surface area contributed by atoms with Crippen LogP contribution in [0.3, 0.4) is 0 Å². The van der Waals surface area contributed by atoms with Gasteiger partial charge >= 0.3 is 0 Å². The molecule has 0 saturated carbocycles. The van der Waals surface area contributed by atoms with Gasteiger partial charge < -0.3 is 10.6 Å². The van der Waals surface area contributed by atoms with Crippen LogP contribution in [0.1, 0.15) is 5.56 Å². The van der Waals surface area contributed by atoms with Gasteiger partial charge in [0, 0.05) is 18.0 Å². The lowest BCUT2D eigenvalue weighted by Crippen LogP contribution is -2.19. The first kappa shape index (κ1) is 18.9. The van der Waals surface area contributed by atoms with Crippen LogP contribution in [0.4, 0.5) is 15.9 Å². The van der Waals surface area contributed by atoms with E-state index in [0.29, 0.717) is 33.2 Å². The highest BCUT2D eigenvalue weighted by Gasteiger charge is 2.06. The van der Waals surface area contributed by atoms with Gasteiger partial charge in [0.15, 0.2) is 10.9 Å². The number of aromatic nitrogens is 2. The fourth-order valence-corrected chi connectivity index (χ4v) is 2.92. The van der Waals surface area contributed by atoms with Crippen LogP contribution in [0, 0.1) is 5.82 Å². The molecular formula is C17H12Cl3FN4S. The van der Waals surface area contributed by atoms with Gasteiger partial charge in [-0.3, -0.25) is 4.68 Å². The third-order valence-corrected chi connectivity index (χ3v) is 4.62. The van der Waals surface area contributed by atoms with E-state index in [-0.39, 0.29) is 5.02 Å². The second-order valence-corrected chi connectivity index (χ2v) is 6.98. The number of nitrogens with one attached hydrogen (secondary N) is 2. The highest BCUT2D eigenvalue weighted by atomic mass is 35.5. The summed E-state index contributed by atoms with van der Waals surface area (Å²) in [6.07, 6.45) is 1.81. The second kappa shape index (κ2) is 8.22. The molecule has 2 N–H and O–H groups in total. The molecule has 0 atom stereocenters. The molecule has 3 aromatic rings. The van der Waals surface area contributed by atoms with Crippen LogP contribution in [0.15, 0.2) is 48.7 Å². The van der Waals surface area contributed by atoms with E-state index >= 15 is 0 Å². The maximum Gasteiger partial charge on any atom is 0.176 e. The van der Waals surface area contributed by atoms with Gasteiger partial charge in [0.1, 0.15) is 5.82 Å². The molecule has 134 valence electrons. The summed E-state index contributed by atoms with van der Waals surface area (Å²) >= 11 is 22.9. The van der Waals surface area contributed by atoms with Gasteiger partial charge in [-0.2, -0.15) is 5.10 Å². The van der Waals surface area contributed by atoms with Crippen LogP contribution >= 0.6 is 47.0 Å². The quantitative estimate of drug-likeness (QED) is 0.511. The van der Waals surface area contributed by atoms with Crippen molar-refractivity contribution < 1.29 is 4.39 Å². The number of rotatable bonds is 4. The van der Waals surface area contributed by atoms with Crippen LogP contribution in [0.2, 0.25) is 15.1 Å². The molecule has 0 bridgehead atoms. The zero-order chi connectivity index (χ0) is 18.7. The van der Waals surface area contributed by atoms with E-state index in [1.807, 2.05) is 12.3 Å². The van der Waals surface area contributed by atoms with Crippen molar-refractivity contribution in [3.05, 3.63) is 75.1 Å². The summed E-state index contributed by atoms with van der Waals surface area (Å²) < 4.78 is 14.9. The molecule has 0 aliphatic heterocycles. The summed E-state index contributed by atoms with van der Waals surface area (Å²) in [5.41, 5.74) is 1.54. The molecule has 1 heterocycles. The van der Waals surface area contributed by atoms with Crippen molar-refractivity contribution in [1.82, 2.24) is 9.78 Å². The number of benzene rings is 2. The Labute approximate surface area is 169 Å². The minimum Gasteiger partial charge on any atom is -0.332 e. The van der Waals surface area contributed by atoms with Crippen molar-refractivity contribution in [3.8, 4) is 0 Å². The van der Waals surface area contributed by atoms with E-state index < -0.39 is 5.82 Å². The Morgan fingerprint density at radius 3 is 2.54 bits per heavy atom. The second-order valence-electron chi connectivity index (χ2n) is 5.36. The highest BCUT2D eigenvalue weighted by Crippen LogP contribution is 2.23. The van der Waals surface area contributed by atoms with Gasteiger partial charge in [-0.15, -0.1) is 0 Å². The molecule has 1 aromatic heterocycles. The first-order valence-electron chi connectivity index (χ1n) is 7.41. The number of anilines is 2. The predicted octanol–water partition coefficient (Wildman–Crippen LogP) is 5.84. The average molecular weight is 430 g/mol. The van der Waals surface area contributed by atoms with E-state index in [1.165, 1.54) is 18.2 Å². The van der Waals surface area contributed by atoms with Crippen LogP contribution in [-0.2, 0) is 6.54 Å². The van der Waals surface area contributed by atoms with Gasteiger partial charge in [-0.25, -0.2) is 4.39 Å². The molecule has 0 amide bonds. The maximum absolute atomic E-state index is 13.2. The monoisotopic (exact) mass is 428 g/mol. The van der Waals surface area contributed by atoms with Gasteiger partial charge in [-0.1, -0.05) is 40.9 Å². The summed E-state index contributed by atoms with van der Waals surface area (Å²) in [6, 6.07) is 11.5. The molecule has 0 radical (unpaired) electrons. The fourth-order valence-electron chi connectivity index (χ4n) is 2.19. The standard InChI is InChI=1S/C17H12Cl3FN4S/c18-12-3-1-10(7-13(12)19)9-25-6-5-16(24-25)23-17(26)22-11-2-4-15(21)14(20)8-11/h1-8H,9H2,(H2,22,23,24,26). The zero-order valence-electron chi connectivity index (χ0n) is 13.1. The third kappa shape index (κ3) is 4.86. The molecule has 0 spiro atoms. The lowest BCUT2D eigenvalue weighted by molar-refractivity contribution is 0.628. The molecule has 3 rings (SSSR count). The minimum absolute atomic E-state index is 0.0173. The first-order valence-corrected chi connectivity index (χ1v) is 8.95. The SMILES string of the molecule is Fc1ccc(NC(=S)Nc2ccn(Cc3ccc(Cl)c(Cl)c3)n2)cc1Cl. The molecule has 0 unspecified atom stereocenters. The normalized spacial score (nSPS) is 10.6. The van der Waals surface area contributed by atoms with E-state index in [4.69, 9.17) is 47.0 Å². The Bertz CT molecular complexity index is 961. The van der Waals surface area contributed by atoms with E-state index in [9.17, 15) is 4.39 Å². The lowest BCUT2D eigenvalue weighted by atomic mass is 10.2. The number of hydrogen-bond donors (Lipinski definition) is 2. The number of thiocarbonyl (C=S) groups is 1. The van der Waals surface area contributed by atoms with E-state index in [2.05, 4.69) is 15.7 Å². The molecule has 0 aliphatic rings. The maximum atomic E-state index is 13.2. The molecule has 2 aromatic carbocycles. The van der Waals surface area contributed by atoms with E-state index in [0.717, 1.165) is 5.56 Å². The zero-order valence-corrected chi connectivity index (χ0v) is 16.2. The third-order valence-electron chi connectivity index (χ3n) is 3.39. The van der Waals surface area contributed by atoms with Crippen molar-refractivity contribution in [2.75, 3.05) is 10.6 Å². The Morgan fingerprint density at radius 1 is 1.00 bits per heavy atom. The van der Waals surface area contributed by atoms with Crippen LogP contribution in [-0.4, -0.2) is 14.9 Å². The molecule has 4 nitrogen and oxygen atoms in total. The van der Waals surface area contributed by atoms with Crippen molar-refractivity contribution >= 4 is 63.6 Å². The number of hydrogen-bond acceptors (Lipinski definition) is 2. The largest absolute Gasteiger partial charge is 0.332 e. The van der Waals surface area contributed by atoms with Gasteiger partial charge in [0.25, 0.3) is 0 Å². The van der Waals surface area contributed by atoms with Crippen molar-refractivity contribution in [1.29, 1.82) is 0 Å². The van der Waals surface area contributed by atoms with Crippen LogP contribution < -0.4 is 10.6 Å². The molecule has 0 fully saturated rings. The summed E-state index contributed by atoms with van der Waals surface area (Å²) in [7, 11) is 0. The number of halogens is 4. The molecule has 26 heavy (non-hydrogen) atoms. The van der Waals surface area contributed by atoms with Crippen molar-refractivity contribution in [2.24, 2.45) is 0 Å². The molecular weight excluding hydrogens is 418 g/mol. The average Bonchev–Trinajstić information content (AvgIpc) is 3.01. The van der Waals surface area contributed by atoms with Crippen molar-refractivity contribution in [3.63, 3.8) is 0 Å². The first-order chi connectivity index (χ1) is 12.4. The van der Waals surface area contributed by atoms with Gasteiger partial charge in [0.2, 0.25) is 0 Å². The summed E-state index contributed by atoms with van der Waals surface area (Å²) in [5.74, 6) is 0.0768. The topological polar surface area (TPSA) is 41.9 Å². The summed E-state index contributed by atoms with van der Waals surface area (Å²) in [6.45, 7) is 0.534. The summed E-state index contributed by atoms with van der Waals surface area (Å²) in [4.78, 5) is 0. The van der Waals surface area contributed by atoms with Gasteiger partial charge in [-0.05, 0) is 48.1 Å². The lowest BCUT2D eigenvalue weighted by Gasteiger charge is -2.09. The Balaban J connectivity index is 1.61. The fraction of sp³-hybridized carbons (Fsp3) is 0.0588. The molecule has 0 saturated heterocycles. The van der Waals surface area contributed by atoms with Crippen LogP contribution in [0.25, 0.3) is 0 Å². The Morgan fingerprint density at radius 2 is 1.81 bits per heavy atom. The highest BCUT2D eigenvalue weighted by molar-refractivity contribution is 7.80. The Hall–Kier alpha value is -1.86. The molecule has 0 aliphatic carbocycles. The van der Waals surface area contributed by atoms with Crippen molar-refractivity contribution in [2.45, 2.75) is 6.54 Å². The smallest absolute Gasteiger partial charge is 0.176 e. The minimum atomic E-state index is -0.489. The van der Waals surface area contributed by atoms with E-state index in [1.54, 1.807) is 22.9 Å². The van der Waals surface area contributed by atoms with Gasteiger partial charge in [0.05, 0.1) is 21.6 Å². The van der Waals surface area contributed by atoms with Crippen LogP contribution in [0.5, 0.6) is 0 Å². The Kier molecular flexibility index (Phi) is 5.98.